The molecule has 4 rings (SSSR count). The second-order valence-corrected chi connectivity index (χ2v) is 8.71. The van der Waals surface area contributed by atoms with Gasteiger partial charge in [-0.1, -0.05) is 23.7 Å². The molecule has 2 aromatic carbocycles. The molecule has 170 valence electrons. The van der Waals surface area contributed by atoms with Gasteiger partial charge in [0.2, 0.25) is 5.91 Å². The number of amides is 3. The van der Waals surface area contributed by atoms with E-state index in [1.54, 1.807) is 35.2 Å². The van der Waals surface area contributed by atoms with Crippen molar-refractivity contribution in [2.45, 2.75) is 24.7 Å². The largest absolute Gasteiger partial charge is 0.381 e. The van der Waals surface area contributed by atoms with Crippen LogP contribution in [0, 0.1) is 5.82 Å². The number of urea groups is 1. The maximum absolute atomic E-state index is 14.0. The van der Waals surface area contributed by atoms with E-state index in [-0.39, 0.29) is 17.8 Å². The van der Waals surface area contributed by atoms with Gasteiger partial charge in [0.1, 0.15) is 5.82 Å². The Bertz CT molecular complexity index is 963. The Kier molecular flexibility index (Phi) is 6.96. The molecule has 0 radical (unpaired) electrons. The minimum absolute atomic E-state index is 0.00800. The molecule has 32 heavy (non-hydrogen) atoms. The number of rotatable bonds is 3. The van der Waals surface area contributed by atoms with Gasteiger partial charge in [-0.15, -0.1) is 0 Å². The van der Waals surface area contributed by atoms with Crippen molar-refractivity contribution in [2.24, 2.45) is 0 Å². The van der Waals surface area contributed by atoms with Crippen LogP contribution in [0.2, 0.25) is 5.02 Å². The highest BCUT2D eigenvalue weighted by Gasteiger charge is 2.44. The van der Waals surface area contributed by atoms with Crippen molar-refractivity contribution in [3.8, 4) is 0 Å². The molecule has 2 heterocycles. The highest BCUT2D eigenvalue weighted by Crippen LogP contribution is 2.37. The molecular formula is C24H27ClFN3O3. The highest BCUT2D eigenvalue weighted by molar-refractivity contribution is 6.30. The van der Waals surface area contributed by atoms with E-state index in [1.807, 2.05) is 11.0 Å². The van der Waals surface area contributed by atoms with Crippen molar-refractivity contribution < 1.29 is 18.7 Å². The fourth-order valence-corrected chi connectivity index (χ4v) is 4.62. The first-order valence-electron chi connectivity index (χ1n) is 10.9. The molecule has 0 unspecified atom stereocenters. The summed E-state index contributed by atoms with van der Waals surface area (Å²) in [7, 11) is 0. The van der Waals surface area contributed by atoms with Gasteiger partial charge >= 0.3 is 6.03 Å². The molecule has 2 aromatic rings. The van der Waals surface area contributed by atoms with Crippen LogP contribution in [-0.4, -0.2) is 61.1 Å². The Labute approximate surface area is 192 Å². The lowest BCUT2D eigenvalue weighted by atomic mass is 9.73. The number of nitrogens with one attached hydrogen (secondary N) is 1. The minimum Gasteiger partial charge on any atom is -0.381 e. The molecule has 0 aromatic heterocycles. The summed E-state index contributed by atoms with van der Waals surface area (Å²) in [6.07, 6.45) is 1.72. The number of hydrogen-bond donors (Lipinski definition) is 1. The second kappa shape index (κ2) is 9.88. The van der Waals surface area contributed by atoms with Crippen molar-refractivity contribution in [2.75, 3.05) is 44.7 Å². The van der Waals surface area contributed by atoms with Gasteiger partial charge in [0.25, 0.3) is 0 Å². The van der Waals surface area contributed by atoms with Gasteiger partial charge in [-0.25, -0.2) is 9.18 Å². The molecule has 8 heteroatoms. The van der Waals surface area contributed by atoms with Crippen LogP contribution in [0.1, 0.15) is 24.8 Å². The van der Waals surface area contributed by atoms with E-state index < -0.39 is 5.41 Å². The van der Waals surface area contributed by atoms with Gasteiger partial charge in [0, 0.05) is 50.1 Å². The van der Waals surface area contributed by atoms with Crippen LogP contribution in [0.3, 0.4) is 0 Å². The number of nitrogens with zero attached hydrogens (tertiary/aromatic N) is 2. The lowest BCUT2D eigenvalue weighted by Gasteiger charge is -2.40. The smallest absolute Gasteiger partial charge is 0.321 e. The summed E-state index contributed by atoms with van der Waals surface area (Å²) >= 11 is 5.90. The van der Waals surface area contributed by atoms with E-state index >= 15 is 0 Å². The molecule has 0 saturated carbocycles. The Balaban J connectivity index is 1.46. The summed E-state index contributed by atoms with van der Waals surface area (Å²) in [5.41, 5.74) is 0.581. The molecule has 2 aliphatic rings. The standard InChI is InChI=1S/C24H27ClFN3O3/c25-19-5-7-21(8-6-19)27-23(31)29-12-2-11-28(13-14-29)22(30)24(9-15-32-16-10-24)18-3-1-4-20(26)17-18/h1,3-8,17H,2,9-16H2,(H,27,31). The quantitative estimate of drug-likeness (QED) is 0.744. The van der Waals surface area contributed by atoms with Gasteiger partial charge in [-0.05, 0) is 61.2 Å². The molecular weight excluding hydrogens is 433 g/mol. The zero-order valence-corrected chi connectivity index (χ0v) is 18.6. The zero-order valence-electron chi connectivity index (χ0n) is 17.9. The van der Waals surface area contributed by atoms with Gasteiger partial charge < -0.3 is 19.9 Å². The fraction of sp³-hybridized carbons (Fsp3) is 0.417. The van der Waals surface area contributed by atoms with Crippen molar-refractivity contribution in [1.29, 1.82) is 0 Å². The predicted molar refractivity (Wildman–Crippen MR) is 121 cm³/mol. The molecule has 2 fully saturated rings. The Morgan fingerprint density at radius 3 is 2.38 bits per heavy atom. The van der Waals surface area contributed by atoms with Crippen LogP contribution in [0.25, 0.3) is 0 Å². The number of anilines is 1. The first kappa shape index (κ1) is 22.6. The number of carbonyl (C=O) groups is 2. The Morgan fingerprint density at radius 2 is 1.66 bits per heavy atom. The van der Waals surface area contributed by atoms with E-state index in [0.717, 1.165) is 0 Å². The summed E-state index contributed by atoms with van der Waals surface area (Å²) < 4.78 is 19.5. The van der Waals surface area contributed by atoms with Crippen molar-refractivity contribution in [3.05, 3.63) is 64.9 Å². The third kappa shape index (κ3) is 4.89. The maximum Gasteiger partial charge on any atom is 0.321 e. The Hall–Kier alpha value is -2.64. The SMILES string of the molecule is O=C(Nc1ccc(Cl)cc1)N1CCCN(C(=O)C2(c3cccc(F)c3)CCOCC2)CC1. The lowest BCUT2D eigenvalue weighted by Crippen LogP contribution is -2.51. The molecule has 1 N–H and O–H groups in total. The number of benzene rings is 2. The molecule has 2 saturated heterocycles. The minimum atomic E-state index is -0.791. The van der Waals surface area contributed by atoms with Gasteiger partial charge in [-0.2, -0.15) is 0 Å². The van der Waals surface area contributed by atoms with Gasteiger partial charge in [0.15, 0.2) is 0 Å². The molecule has 0 aliphatic carbocycles. The second-order valence-electron chi connectivity index (χ2n) is 8.27. The monoisotopic (exact) mass is 459 g/mol. The van der Waals surface area contributed by atoms with E-state index in [9.17, 15) is 14.0 Å². The number of halogens is 2. The van der Waals surface area contributed by atoms with Gasteiger partial charge in [0.05, 0.1) is 5.41 Å². The average Bonchev–Trinajstić information content (AvgIpc) is 3.07. The molecule has 2 aliphatic heterocycles. The van der Waals surface area contributed by atoms with Crippen LogP contribution in [-0.2, 0) is 14.9 Å². The van der Waals surface area contributed by atoms with Crippen LogP contribution in [0.15, 0.2) is 48.5 Å². The number of ether oxygens (including phenoxy) is 1. The third-order valence-electron chi connectivity index (χ3n) is 6.30. The molecule has 0 spiro atoms. The van der Waals surface area contributed by atoms with Crippen molar-refractivity contribution in [3.63, 3.8) is 0 Å². The summed E-state index contributed by atoms with van der Waals surface area (Å²) in [6.45, 7) is 2.91. The molecule has 0 atom stereocenters. The van der Waals surface area contributed by atoms with Crippen LogP contribution in [0.5, 0.6) is 0 Å². The molecule has 0 bridgehead atoms. The van der Waals surface area contributed by atoms with E-state index in [2.05, 4.69) is 5.32 Å². The summed E-state index contributed by atoms with van der Waals surface area (Å²) in [4.78, 5) is 30.0. The predicted octanol–water partition coefficient (Wildman–Crippen LogP) is 4.29. The summed E-state index contributed by atoms with van der Waals surface area (Å²) in [5.74, 6) is -0.353. The highest BCUT2D eigenvalue weighted by atomic mass is 35.5. The summed E-state index contributed by atoms with van der Waals surface area (Å²) in [5, 5.41) is 3.48. The third-order valence-corrected chi connectivity index (χ3v) is 6.55. The van der Waals surface area contributed by atoms with Crippen LogP contribution >= 0.6 is 11.6 Å². The van der Waals surface area contributed by atoms with Gasteiger partial charge in [-0.3, -0.25) is 4.79 Å². The Morgan fingerprint density at radius 1 is 0.969 bits per heavy atom. The number of carbonyl (C=O) groups excluding carboxylic acids is 2. The van der Waals surface area contributed by atoms with E-state index in [4.69, 9.17) is 16.3 Å². The molecule has 6 nitrogen and oxygen atoms in total. The first-order chi connectivity index (χ1) is 15.5. The first-order valence-corrected chi connectivity index (χ1v) is 11.3. The summed E-state index contributed by atoms with van der Waals surface area (Å²) in [6, 6.07) is 13.1. The normalized spacial score (nSPS) is 18.7. The zero-order chi connectivity index (χ0) is 22.6. The average molecular weight is 460 g/mol. The van der Waals surface area contributed by atoms with Crippen molar-refractivity contribution in [1.82, 2.24) is 9.80 Å². The van der Waals surface area contributed by atoms with Crippen LogP contribution in [0.4, 0.5) is 14.9 Å². The van der Waals surface area contributed by atoms with E-state index in [0.29, 0.717) is 74.9 Å². The maximum atomic E-state index is 14.0. The van der Waals surface area contributed by atoms with E-state index in [1.165, 1.54) is 12.1 Å². The number of hydrogen-bond acceptors (Lipinski definition) is 3. The van der Waals surface area contributed by atoms with Crippen LogP contribution < -0.4 is 5.32 Å². The van der Waals surface area contributed by atoms with Crippen molar-refractivity contribution >= 4 is 29.2 Å². The lowest BCUT2D eigenvalue weighted by molar-refractivity contribution is -0.141. The topological polar surface area (TPSA) is 61.9 Å². The fourth-order valence-electron chi connectivity index (χ4n) is 4.49. The molecule has 3 amide bonds.